The molecule has 0 saturated carbocycles. The fourth-order valence-corrected chi connectivity index (χ4v) is 2.91. The van der Waals surface area contributed by atoms with Gasteiger partial charge < -0.3 is 16.0 Å². The molecule has 1 aliphatic rings. The lowest BCUT2D eigenvalue weighted by molar-refractivity contribution is -0.124. The Morgan fingerprint density at radius 2 is 2.00 bits per heavy atom. The van der Waals surface area contributed by atoms with Crippen molar-refractivity contribution in [2.24, 2.45) is 17.6 Å². The van der Waals surface area contributed by atoms with Crippen LogP contribution < -0.4 is 11.1 Å². The molecule has 1 aliphatic heterocycles. The van der Waals surface area contributed by atoms with Crippen molar-refractivity contribution in [3.05, 3.63) is 0 Å². The first-order valence-electron chi connectivity index (χ1n) is 7.66. The highest BCUT2D eigenvalue weighted by atomic mass is 16.1. The smallest absolute Gasteiger partial charge is 0.237 e. The minimum atomic E-state index is -0.566. The number of likely N-dealkylation sites (tertiary alicyclic amines) is 1. The molecule has 0 aromatic rings. The van der Waals surface area contributed by atoms with Crippen LogP contribution in [0.1, 0.15) is 47.0 Å². The summed E-state index contributed by atoms with van der Waals surface area (Å²) in [6, 6.07) is 0. The van der Waals surface area contributed by atoms with Crippen LogP contribution in [-0.2, 0) is 4.79 Å². The molecule has 1 amide bonds. The molecular formula is C15H31N3O. The summed E-state index contributed by atoms with van der Waals surface area (Å²) in [5.74, 6) is 1.42. The van der Waals surface area contributed by atoms with E-state index in [0.29, 0.717) is 0 Å². The molecule has 1 atom stereocenters. The van der Waals surface area contributed by atoms with Gasteiger partial charge in [-0.05, 0) is 57.7 Å². The van der Waals surface area contributed by atoms with Crippen LogP contribution in [-0.4, -0.2) is 42.5 Å². The number of nitrogens with zero attached hydrogens (tertiary/aromatic N) is 1. The molecular weight excluding hydrogens is 238 g/mol. The van der Waals surface area contributed by atoms with E-state index in [2.05, 4.69) is 24.1 Å². The molecule has 1 heterocycles. The maximum atomic E-state index is 11.6. The van der Waals surface area contributed by atoms with Crippen molar-refractivity contribution in [1.29, 1.82) is 0 Å². The van der Waals surface area contributed by atoms with Gasteiger partial charge in [-0.25, -0.2) is 0 Å². The van der Waals surface area contributed by atoms with Gasteiger partial charge in [-0.1, -0.05) is 20.8 Å². The Kier molecular flexibility index (Phi) is 6.27. The molecule has 19 heavy (non-hydrogen) atoms. The molecule has 0 spiro atoms. The highest BCUT2D eigenvalue weighted by Crippen LogP contribution is 2.25. The van der Waals surface area contributed by atoms with Gasteiger partial charge >= 0.3 is 0 Å². The number of carbonyl (C=O) groups excluding carboxylic acids is 1. The predicted molar refractivity (Wildman–Crippen MR) is 79.9 cm³/mol. The van der Waals surface area contributed by atoms with Crippen LogP contribution in [0.2, 0.25) is 0 Å². The van der Waals surface area contributed by atoms with Crippen molar-refractivity contribution >= 4 is 5.91 Å². The number of amides is 1. The zero-order chi connectivity index (χ0) is 14.5. The first-order chi connectivity index (χ1) is 8.89. The van der Waals surface area contributed by atoms with Crippen LogP contribution >= 0.6 is 0 Å². The molecule has 1 unspecified atom stereocenters. The van der Waals surface area contributed by atoms with E-state index in [1.54, 1.807) is 0 Å². The Morgan fingerprint density at radius 3 is 2.42 bits per heavy atom. The number of hydrogen-bond acceptors (Lipinski definition) is 3. The van der Waals surface area contributed by atoms with Gasteiger partial charge in [0, 0.05) is 6.54 Å². The van der Waals surface area contributed by atoms with Crippen LogP contribution in [0.25, 0.3) is 0 Å². The molecule has 4 heteroatoms. The normalized spacial score (nSPS) is 21.5. The maximum Gasteiger partial charge on any atom is 0.237 e. The predicted octanol–water partition coefficient (Wildman–Crippen LogP) is 1.60. The van der Waals surface area contributed by atoms with Crippen molar-refractivity contribution < 1.29 is 4.79 Å². The molecule has 1 rings (SSSR count). The minimum absolute atomic E-state index is 0.244. The minimum Gasteiger partial charge on any atom is -0.368 e. The van der Waals surface area contributed by atoms with Gasteiger partial charge in [0.2, 0.25) is 5.91 Å². The monoisotopic (exact) mass is 269 g/mol. The second kappa shape index (κ2) is 7.25. The maximum absolute atomic E-state index is 11.6. The number of carbonyl (C=O) groups is 1. The van der Waals surface area contributed by atoms with Crippen molar-refractivity contribution in [2.45, 2.75) is 52.5 Å². The topological polar surface area (TPSA) is 58.4 Å². The van der Waals surface area contributed by atoms with E-state index in [4.69, 9.17) is 5.73 Å². The van der Waals surface area contributed by atoms with Crippen LogP contribution in [0.15, 0.2) is 0 Å². The zero-order valence-electron chi connectivity index (χ0n) is 13.0. The van der Waals surface area contributed by atoms with Gasteiger partial charge in [0.05, 0.1) is 5.54 Å². The number of rotatable bonds is 7. The molecule has 0 aromatic heterocycles. The fraction of sp³-hybridized carbons (Fsp3) is 0.933. The molecule has 0 aliphatic carbocycles. The highest BCUT2D eigenvalue weighted by molar-refractivity contribution is 5.84. The zero-order valence-corrected chi connectivity index (χ0v) is 13.0. The van der Waals surface area contributed by atoms with E-state index < -0.39 is 5.54 Å². The molecule has 1 saturated heterocycles. The molecule has 0 aromatic carbocycles. The molecule has 112 valence electrons. The third kappa shape index (κ3) is 4.77. The Bertz CT molecular complexity index is 285. The first kappa shape index (κ1) is 16.4. The van der Waals surface area contributed by atoms with Crippen molar-refractivity contribution in [1.82, 2.24) is 10.2 Å². The Balaban J connectivity index is 2.38. The van der Waals surface area contributed by atoms with Gasteiger partial charge in [-0.15, -0.1) is 0 Å². The molecule has 0 bridgehead atoms. The van der Waals surface area contributed by atoms with Crippen LogP contribution in [0.5, 0.6) is 0 Å². The summed E-state index contributed by atoms with van der Waals surface area (Å²) < 4.78 is 0. The number of nitrogens with two attached hydrogens (primary N) is 1. The Morgan fingerprint density at radius 1 is 1.42 bits per heavy atom. The number of piperidine rings is 1. The number of primary amides is 1. The standard InChI is InChI=1S/C15H31N3O/c1-5-17-15(4,14(16)19)8-11-18-9-6-13(7-10-18)12(2)3/h12-13,17H,5-11H2,1-4H3,(H2,16,19). The fourth-order valence-electron chi connectivity index (χ4n) is 2.91. The van der Waals surface area contributed by atoms with Crippen molar-refractivity contribution in [3.8, 4) is 0 Å². The van der Waals surface area contributed by atoms with E-state index in [0.717, 1.165) is 44.4 Å². The van der Waals surface area contributed by atoms with E-state index in [1.807, 2.05) is 13.8 Å². The Labute approximate surface area is 118 Å². The van der Waals surface area contributed by atoms with Gasteiger partial charge in [-0.2, -0.15) is 0 Å². The summed E-state index contributed by atoms with van der Waals surface area (Å²) >= 11 is 0. The van der Waals surface area contributed by atoms with Gasteiger partial charge in [0.25, 0.3) is 0 Å². The van der Waals surface area contributed by atoms with Crippen LogP contribution in [0, 0.1) is 11.8 Å². The van der Waals surface area contributed by atoms with Crippen molar-refractivity contribution in [3.63, 3.8) is 0 Å². The molecule has 3 N–H and O–H groups in total. The first-order valence-corrected chi connectivity index (χ1v) is 7.66. The lowest BCUT2D eigenvalue weighted by atomic mass is 9.86. The quantitative estimate of drug-likeness (QED) is 0.738. The average Bonchev–Trinajstić information content (AvgIpc) is 2.37. The molecule has 4 nitrogen and oxygen atoms in total. The summed E-state index contributed by atoms with van der Waals surface area (Å²) in [6.07, 6.45) is 3.36. The molecule has 0 radical (unpaired) electrons. The lowest BCUT2D eigenvalue weighted by Crippen LogP contribution is -2.54. The number of likely N-dealkylation sites (N-methyl/N-ethyl adjacent to an activating group) is 1. The van der Waals surface area contributed by atoms with Crippen molar-refractivity contribution in [2.75, 3.05) is 26.2 Å². The largest absolute Gasteiger partial charge is 0.368 e. The van der Waals surface area contributed by atoms with E-state index in [9.17, 15) is 4.79 Å². The van der Waals surface area contributed by atoms with Gasteiger partial charge in [0.1, 0.15) is 0 Å². The van der Waals surface area contributed by atoms with E-state index in [1.165, 1.54) is 12.8 Å². The van der Waals surface area contributed by atoms with E-state index in [-0.39, 0.29) is 5.91 Å². The molecule has 1 fully saturated rings. The second-order valence-corrected chi connectivity index (χ2v) is 6.40. The number of nitrogens with one attached hydrogen (secondary N) is 1. The average molecular weight is 269 g/mol. The van der Waals surface area contributed by atoms with Crippen LogP contribution in [0.4, 0.5) is 0 Å². The third-order valence-corrected chi connectivity index (χ3v) is 4.61. The van der Waals surface area contributed by atoms with Gasteiger partial charge in [-0.3, -0.25) is 4.79 Å². The summed E-state index contributed by atoms with van der Waals surface area (Å²) in [5.41, 5.74) is 4.95. The number of hydrogen-bond donors (Lipinski definition) is 2. The van der Waals surface area contributed by atoms with Crippen LogP contribution in [0.3, 0.4) is 0 Å². The van der Waals surface area contributed by atoms with E-state index >= 15 is 0 Å². The third-order valence-electron chi connectivity index (χ3n) is 4.61. The summed E-state index contributed by atoms with van der Waals surface area (Å²) in [4.78, 5) is 14.0. The lowest BCUT2D eigenvalue weighted by Gasteiger charge is -2.36. The summed E-state index contributed by atoms with van der Waals surface area (Å²) in [7, 11) is 0. The SMILES string of the molecule is CCNC(C)(CCN1CCC(C(C)C)CC1)C(N)=O. The Hall–Kier alpha value is -0.610. The summed E-state index contributed by atoms with van der Waals surface area (Å²) in [6.45, 7) is 12.6. The second-order valence-electron chi connectivity index (χ2n) is 6.40. The van der Waals surface area contributed by atoms with Gasteiger partial charge in [0.15, 0.2) is 0 Å². The summed E-state index contributed by atoms with van der Waals surface area (Å²) in [5, 5.41) is 3.22. The highest BCUT2D eigenvalue weighted by Gasteiger charge is 2.31.